The molecule has 4 nitrogen and oxygen atoms in total. The van der Waals surface area contributed by atoms with Gasteiger partial charge in [0.15, 0.2) is 0 Å². The Balaban J connectivity index is 1.78. The van der Waals surface area contributed by atoms with Crippen LogP contribution < -0.4 is 4.74 Å². The van der Waals surface area contributed by atoms with Gasteiger partial charge in [0, 0.05) is 18.7 Å². The number of aryl methyl sites for hydroxylation is 2. The predicted molar refractivity (Wildman–Crippen MR) is 71.9 cm³/mol. The number of rotatable bonds is 5. The molecule has 19 heavy (non-hydrogen) atoms. The van der Waals surface area contributed by atoms with Gasteiger partial charge in [-0.2, -0.15) is 0 Å². The van der Waals surface area contributed by atoms with E-state index in [1.165, 1.54) is 22.6 Å². The van der Waals surface area contributed by atoms with Crippen molar-refractivity contribution in [1.82, 2.24) is 4.90 Å². The summed E-state index contributed by atoms with van der Waals surface area (Å²) in [5.41, 5.74) is 2.29. The highest BCUT2D eigenvalue weighted by atomic mass is 16.5. The number of carbonyl (C=O) groups is 2. The van der Waals surface area contributed by atoms with Crippen molar-refractivity contribution in [2.24, 2.45) is 0 Å². The van der Waals surface area contributed by atoms with Crippen LogP contribution in [0.2, 0.25) is 0 Å². The second-order valence-corrected chi connectivity index (χ2v) is 4.63. The van der Waals surface area contributed by atoms with Gasteiger partial charge in [-0.15, -0.1) is 0 Å². The Morgan fingerprint density at radius 3 is 2.42 bits per heavy atom. The minimum Gasteiger partial charge on any atom is -0.493 e. The Kier molecular flexibility index (Phi) is 4.00. The van der Waals surface area contributed by atoms with E-state index >= 15 is 0 Å². The van der Waals surface area contributed by atoms with E-state index in [4.69, 9.17) is 4.74 Å². The normalized spacial score (nSPS) is 14.3. The number of carbonyl (C=O) groups excluding carboxylic acids is 2. The number of amides is 2. The summed E-state index contributed by atoms with van der Waals surface area (Å²) in [5, 5.41) is 0. The molecule has 1 heterocycles. The maximum atomic E-state index is 11.3. The highest BCUT2D eigenvalue weighted by Gasteiger charge is 2.22. The summed E-state index contributed by atoms with van der Waals surface area (Å²) in [4.78, 5) is 23.9. The van der Waals surface area contributed by atoms with Gasteiger partial charge in [-0.3, -0.25) is 14.5 Å². The van der Waals surface area contributed by atoms with E-state index in [0.29, 0.717) is 19.6 Å². The average Bonchev–Trinajstić information content (AvgIpc) is 2.68. The number of ether oxygens (including phenoxy) is 1. The monoisotopic (exact) mass is 259 g/mol. The van der Waals surface area contributed by atoms with Gasteiger partial charge < -0.3 is 4.74 Å². The smallest absolute Gasteiger partial charge is 0.253 e. The van der Waals surface area contributed by atoms with Crippen LogP contribution >= 0.6 is 0 Å². The topological polar surface area (TPSA) is 46.6 Å². The second-order valence-electron chi connectivity index (χ2n) is 4.63. The molecule has 0 spiro atoms. The van der Waals surface area contributed by atoms with Crippen LogP contribution in [0.5, 0.6) is 5.75 Å². The molecule has 100 valence electrons. The molecule has 0 saturated carbocycles. The SMILES string of the molecule is Cc1ccc(OCCCN2C(=O)C=CC2=O)c(C)c1. The Morgan fingerprint density at radius 1 is 1.11 bits per heavy atom. The van der Waals surface area contributed by atoms with Gasteiger partial charge in [-0.05, 0) is 31.9 Å². The average molecular weight is 259 g/mol. The number of imide groups is 1. The Morgan fingerprint density at radius 2 is 1.79 bits per heavy atom. The molecule has 1 aromatic carbocycles. The third kappa shape index (κ3) is 3.22. The zero-order chi connectivity index (χ0) is 13.8. The minimum atomic E-state index is -0.239. The maximum absolute atomic E-state index is 11.3. The van der Waals surface area contributed by atoms with Crippen molar-refractivity contribution in [3.8, 4) is 5.75 Å². The fraction of sp³-hybridized carbons (Fsp3) is 0.333. The van der Waals surface area contributed by atoms with Gasteiger partial charge in [-0.1, -0.05) is 17.7 Å². The molecule has 0 radical (unpaired) electrons. The lowest BCUT2D eigenvalue weighted by atomic mass is 10.1. The van der Waals surface area contributed by atoms with Crippen molar-refractivity contribution < 1.29 is 14.3 Å². The molecule has 0 unspecified atom stereocenters. The number of benzene rings is 1. The van der Waals surface area contributed by atoms with Gasteiger partial charge in [0.2, 0.25) is 0 Å². The van der Waals surface area contributed by atoms with Crippen LogP contribution in [0.25, 0.3) is 0 Å². The van der Waals surface area contributed by atoms with Crippen LogP contribution in [-0.2, 0) is 9.59 Å². The zero-order valence-electron chi connectivity index (χ0n) is 11.2. The summed E-state index contributed by atoms with van der Waals surface area (Å²) in [6.07, 6.45) is 3.23. The first-order valence-corrected chi connectivity index (χ1v) is 6.31. The lowest BCUT2D eigenvalue weighted by Crippen LogP contribution is -2.31. The van der Waals surface area contributed by atoms with Crippen molar-refractivity contribution >= 4 is 11.8 Å². The summed E-state index contributed by atoms with van der Waals surface area (Å²) >= 11 is 0. The van der Waals surface area contributed by atoms with E-state index in [1.54, 1.807) is 0 Å². The third-order valence-electron chi connectivity index (χ3n) is 3.01. The molecule has 2 amide bonds. The van der Waals surface area contributed by atoms with E-state index in [9.17, 15) is 9.59 Å². The molecule has 1 aromatic rings. The van der Waals surface area contributed by atoms with E-state index in [-0.39, 0.29) is 11.8 Å². The summed E-state index contributed by atoms with van der Waals surface area (Å²) in [7, 11) is 0. The molecule has 1 aliphatic heterocycles. The Hall–Kier alpha value is -2.10. The number of hydrogen-bond donors (Lipinski definition) is 0. The molecule has 0 aromatic heterocycles. The van der Waals surface area contributed by atoms with E-state index in [0.717, 1.165) is 11.3 Å². The highest BCUT2D eigenvalue weighted by Crippen LogP contribution is 2.18. The molecule has 0 saturated heterocycles. The fourth-order valence-corrected chi connectivity index (χ4v) is 2.02. The summed E-state index contributed by atoms with van der Waals surface area (Å²) < 4.78 is 5.65. The van der Waals surface area contributed by atoms with Crippen LogP contribution in [0.15, 0.2) is 30.4 Å². The number of hydrogen-bond acceptors (Lipinski definition) is 3. The first-order chi connectivity index (χ1) is 9.08. The Bertz CT molecular complexity index is 516. The fourth-order valence-electron chi connectivity index (χ4n) is 2.02. The quantitative estimate of drug-likeness (QED) is 0.600. The second kappa shape index (κ2) is 5.69. The highest BCUT2D eigenvalue weighted by molar-refractivity contribution is 6.12. The van der Waals surface area contributed by atoms with Crippen LogP contribution in [0, 0.1) is 13.8 Å². The lowest BCUT2D eigenvalue weighted by molar-refractivity contribution is -0.136. The largest absolute Gasteiger partial charge is 0.493 e. The van der Waals surface area contributed by atoms with Crippen molar-refractivity contribution in [2.45, 2.75) is 20.3 Å². The first kappa shape index (κ1) is 13.3. The number of nitrogens with zero attached hydrogens (tertiary/aromatic N) is 1. The molecule has 0 N–H and O–H groups in total. The van der Waals surface area contributed by atoms with Gasteiger partial charge in [0.05, 0.1) is 6.61 Å². The molecule has 4 heteroatoms. The summed E-state index contributed by atoms with van der Waals surface area (Å²) in [6, 6.07) is 6.00. The molecule has 0 bridgehead atoms. The molecule has 2 rings (SSSR count). The molecule has 0 fully saturated rings. The molecular weight excluding hydrogens is 242 g/mol. The van der Waals surface area contributed by atoms with Gasteiger partial charge in [0.25, 0.3) is 11.8 Å². The molecule has 1 aliphatic rings. The Labute approximate surface area is 112 Å². The van der Waals surface area contributed by atoms with E-state index < -0.39 is 0 Å². The first-order valence-electron chi connectivity index (χ1n) is 6.31. The van der Waals surface area contributed by atoms with Crippen LogP contribution in [0.4, 0.5) is 0 Å². The van der Waals surface area contributed by atoms with Crippen LogP contribution in [-0.4, -0.2) is 29.9 Å². The van der Waals surface area contributed by atoms with Crippen molar-refractivity contribution in [3.63, 3.8) is 0 Å². The molecule has 0 aliphatic carbocycles. The van der Waals surface area contributed by atoms with Crippen LogP contribution in [0.3, 0.4) is 0 Å². The van der Waals surface area contributed by atoms with Crippen molar-refractivity contribution in [2.75, 3.05) is 13.2 Å². The maximum Gasteiger partial charge on any atom is 0.253 e. The lowest BCUT2D eigenvalue weighted by Gasteiger charge is -2.14. The van der Waals surface area contributed by atoms with Gasteiger partial charge >= 0.3 is 0 Å². The summed E-state index contributed by atoms with van der Waals surface area (Å²) in [5.74, 6) is 0.371. The molecular formula is C15H17NO3. The van der Waals surface area contributed by atoms with Gasteiger partial charge in [-0.25, -0.2) is 0 Å². The van der Waals surface area contributed by atoms with E-state index in [1.807, 2.05) is 26.0 Å². The van der Waals surface area contributed by atoms with E-state index in [2.05, 4.69) is 6.07 Å². The van der Waals surface area contributed by atoms with Gasteiger partial charge in [0.1, 0.15) is 5.75 Å². The van der Waals surface area contributed by atoms with Crippen molar-refractivity contribution in [1.29, 1.82) is 0 Å². The molecule has 0 atom stereocenters. The minimum absolute atomic E-state index is 0.239. The van der Waals surface area contributed by atoms with Crippen LogP contribution in [0.1, 0.15) is 17.5 Å². The standard InChI is InChI=1S/C15H17NO3/c1-11-4-5-13(12(2)10-11)19-9-3-8-16-14(17)6-7-15(16)18/h4-7,10H,3,8-9H2,1-2H3. The summed E-state index contributed by atoms with van der Waals surface area (Å²) in [6.45, 7) is 4.92. The predicted octanol–water partition coefficient (Wildman–Crippen LogP) is 2.00. The zero-order valence-corrected chi connectivity index (χ0v) is 11.2. The third-order valence-corrected chi connectivity index (χ3v) is 3.01. The van der Waals surface area contributed by atoms with Crippen molar-refractivity contribution in [3.05, 3.63) is 41.5 Å².